The molecule has 0 aromatic carbocycles. The molecule has 0 saturated carbocycles. The second-order valence-corrected chi connectivity index (χ2v) is 6.50. The van der Waals surface area contributed by atoms with Gasteiger partial charge in [0.2, 0.25) is 21.4 Å². The molecule has 8 nitrogen and oxygen atoms in total. The van der Waals surface area contributed by atoms with Crippen molar-refractivity contribution in [2.45, 2.75) is 4.90 Å². The van der Waals surface area contributed by atoms with Gasteiger partial charge in [-0.2, -0.15) is 4.31 Å². The Labute approximate surface area is 122 Å². The van der Waals surface area contributed by atoms with Gasteiger partial charge in [-0.3, -0.25) is 9.59 Å². The summed E-state index contributed by atoms with van der Waals surface area (Å²) in [4.78, 5) is 27.2. The minimum Gasteiger partial charge on any atom is -0.375 e. The minimum atomic E-state index is -3.83. The van der Waals surface area contributed by atoms with Crippen LogP contribution in [0.4, 0.5) is 0 Å². The Morgan fingerprint density at radius 2 is 2.00 bits per heavy atom. The first-order valence-electron chi connectivity index (χ1n) is 6.41. The maximum atomic E-state index is 12.4. The van der Waals surface area contributed by atoms with Gasteiger partial charge in [0.05, 0.1) is 0 Å². The van der Waals surface area contributed by atoms with Gasteiger partial charge < -0.3 is 14.6 Å². The fourth-order valence-electron chi connectivity index (χ4n) is 2.13. The summed E-state index contributed by atoms with van der Waals surface area (Å²) >= 11 is 0. The molecule has 1 aliphatic rings. The van der Waals surface area contributed by atoms with Crippen LogP contribution in [0.2, 0.25) is 0 Å². The number of carbonyl (C=O) groups is 1. The SMILES string of the molecule is COCC(=O)N1CCN(S(=O)(=O)c2c[nH]ccc2=O)CC1. The van der Waals surface area contributed by atoms with Crippen LogP contribution >= 0.6 is 0 Å². The van der Waals surface area contributed by atoms with E-state index in [-0.39, 0.29) is 43.6 Å². The van der Waals surface area contributed by atoms with Crippen molar-refractivity contribution in [3.8, 4) is 0 Å². The molecule has 2 heterocycles. The summed E-state index contributed by atoms with van der Waals surface area (Å²) in [6, 6.07) is 1.17. The molecule has 0 atom stereocenters. The Morgan fingerprint density at radius 3 is 2.57 bits per heavy atom. The summed E-state index contributed by atoms with van der Waals surface area (Å²) in [6.45, 7) is 0.863. The second-order valence-electron chi connectivity index (χ2n) is 4.59. The smallest absolute Gasteiger partial charge is 0.248 e. The van der Waals surface area contributed by atoms with E-state index in [9.17, 15) is 18.0 Å². The number of nitrogens with zero attached hydrogens (tertiary/aromatic N) is 2. The molecule has 1 aromatic heterocycles. The molecule has 0 bridgehead atoms. The maximum Gasteiger partial charge on any atom is 0.248 e. The molecule has 9 heteroatoms. The number of hydrogen-bond donors (Lipinski definition) is 1. The number of piperazine rings is 1. The van der Waals surface area contributed by atoms with Crippen LogP contribution in [0.15, 0.2) is 28.2 Å². The lowest BCUT2D eigenvalue weighted by Gasteiger charge is -2.33. The minimum absolute atomic E-state index is 0.0227. The first kappa shape index (κ1) is 15.7. The number of rotatable bonds is 4. The Hall–Kier alpha value is -1.71. The topological polar surface area (TPSA) is 99.8 Å². The van der Waals surface area contributed by atoms with E-state index in [0.717, 1.165) is 0 Å². The van der Waals surface area contributed by atoms with Crippen molar-refractivity contribution in [2.24, 2.45) is 0 Å². The van der Waals surface area contributed by atoms with Crippen molar-refractivity contribution in [2.75, 3.05) is 39.9 Å². The molecular weight excluding hydrogens is 298 g/mol. The first-order valence-corrected chi connectivity index (χ1v) is 7.85. The number of sulfonamides is 1. The van der Waals surface area contributed by atoms with Crippen LogP contribution in [0.3, 0.4) is 0 Å². The second kappa shape index (κ2) is 6.37. The summed E-state index contributed by atoms with van der Waals surface area (Å²) in [6.07, 6.45) is 2.56. The van der Waals surface area contributed by atoms with Gasteiger partial charge >= 0.3 is 0 Å². The molecule has 1 aliphatic heterocycles. The third-order valence-corrected chi connectivity index (χ3v) is 5.19. The molecule has 2 rings (SSSR count). The van der Waals surface area contributed by atoms with Gasteiger partial charge in [0.1, 0.15) is 11.5 Å². The molecule has 1 saturated heterocycles. The third kappa shape index (κ3) is 3.31. The predicted octanol–water partition coefficient (Wildman–Crippen LogP) is -1.15. The van der Waals surface area contributed by atoms with E-state index in [1.54, 1.807) is 4.90 Å². The quantitative estimate of drug-likeness (QED) is 0.756. The van der Waals surface area contributed by atoms with E-state index in [4.69, 9.17) is 4.74 Å². The van der Waals surface area contributed by atoms with Gasteiger partial charge in [0, 0.05) is 51.7 Å². The Balaban J connectivity index is 2.10. The third-order valence-electron chi connectivity index (χ3n) is 3.27. The van der Waals surface area contributed by atoms with Crippen molar-refractivity contribution in [1.82, 2.24) is 14.2 Å². The summed E-state index contributed by atoms with van der Waals surface area (Å²) in [7, 11) is -2.40. The van der Waals surface area contributed by atoms with Crippen molar-refractivity contribution in [3.05, 3.63) is 28.7 Å². The number of methoxy groups -OCH3 is 1. The monoisotopic (exact) mass is 315 g/mol. The molecule has 1 aromatic rings. The average molecular weight is 315 g/mol. The number of aromatic nitrogens is 1. The highest BCUT2D eigenvalue weighted by molar-refractivity contribution is 7.89. The standard InChI is InChI=1S/C12H17N3O5S/c1-20-9-12(17)14-4-6-15(7-5-14)21(18,19)11-8-13-3-2-10(11)16/h2-3,8H,4-7,9H2,1H3,(H,13,16). The number of hydrogen-bond acceptors (Lipinski definition) is 5. The molecule has 116 valence electrons. The molecule has 1 amide bonds. The number of ether oxygens (including phenoxy) is 1. The highest BCUT2D eigenvalue weighted by Crippen LogP contribution is 2.13. The molecule has 1 fully saturated rings. The first-order chi connectivity index (χ1) is 9.96. The molecule has 0 unspecified atom stereocenters. The molecule has 0 aliphatic carbocycles. The van der Waals surface area contributed by atoms with Crippen molar-refractivity contribution in [3.63, 3.8) is 0 Å². The lowest BCUT2D eigenvalue weighted by molar-refractivity contribution is -0.136. The molecule has 1 N–H and O–H groups in total. The molecular formula is C12H17N3O5S. The van der Waals surface area contributed by atoms with Gasteiger partial charge in [0.25, 0.3) is 0 Å². The van der Waals surface area contributed by atoms with Crippen LogP contribution in [0.1, 0.15) is 0 Å². The van der Waals surface area contributed by atoms with Gasteiger partial charge in [-0.05, 0) is 0 Å². The number of H-pyrrole nitrogens is 1. The van der Waals surface area contributed by atoms with Crippen LogP contribution in [0.25, 0.3) is 0 Å². The highest BCUT2D eigenvalue weighted by Gasteiger charge is 2.31. The van der Waals surface area contributed by atoms with E-state index in [0.29, 0.717) is 0 Å². The van der Waals surface area contributed by atoms with E-state index >= 15 is 0 Å². The lowest BCUT2D eigenvalue weighted by atomic mass is 10.3. The Bertz CT molecular complexity index is 661. The van der Waals surface area contributed by atoms with Crippen LogP contribution in [-0.4, -0.2) is 68.4 Å². The number of aromatic amines is 1. The number of amides is 1. The highest BCUT2D eigenvalue weighted by atomic mass is 32.2. The van der Waals surface area contributed by atoms with Crippen LogP contribution in [0, 0.1) is 0 Å². The largest absolute Gasteiger partial charge is 0.375 e. The molecule has 0 radical (unpaired) electrons. The summed E-state index contributed by atoms with van der Waals surface area (Å²) in [5.41, 5.74) is -0.549. The fraction of sp³-hybridized carbons (Fsp3) is 0.500. The van der Waals surface area contributed by atoms with Gasteiger partial charge in [-0.1, -0.05) is 0 Å². The van der Waals surface area contributed by atoms with Crippen molar-refractivity contribution in [1.29, 1.82) is 0 Å². The molecule has 21 heavy (non-hydrogen) atoms. The zero-order valence-corrected chi connectivity index (χ0v) is 12.4. The Morgan fingerprint density at radius 1 is 1.33 bits per heavy atom. The average Bonchev–Trinajstić information content (AvgIpc) is 2.48. The van der Waals surface area contributed by atoms with E-state index in [1.165, 1.54) is 29.9 Å². The lowest BCUT2D eigenvalue weighted by Crippen LogP contribution is -2.51. The zero-order chi connectivity index (χ0) is 15.5. The van der Waals surface area contributed by atoms with Crippen molar-refractivity contribution < 1.29 is 17.9 Å². The van der Waals surface area contributed by atoms with Gasteiger partial charge in [-0.15, -0.1) is 0 Å². The van der Waals surface area contributed by atoms with Gasteiger partial charge in [-0.25, -0.2) is 8.42 Å². The predicted molar refractivity (Wildman–Crippen MR) is 74.3 cm³/mol. The van der Waals surface area contributed by atoms with E-state index in [2.05, 4.69) is 4.98 Å². The van der Waals surface area contributed by atoms with Crippen LogP contribution in [0.5, 0.6) is 0 Å². The van der Waals surface area contributed by atoms with Crippen LogP contribution in [-0.2, 0) is 19.6 Å². The zero-order valence-electron chi connectivity index (χ0n) is 11.6. The Kier molecular flexibility index (Phi) is 4.76. The number of carbonyl (C=O) groups excluding carboxylic acids is 1. The van der Waals surface area contributed by atoms with Gasteiger partial charge in [0.15, 0.2) is 0 Å². The summed E-state index contributed by atoms with van der Waals surface area (Å²) in [5, 5.41) is 0. The van der Waals surface area contributed by atoms with E-state index in [1.807, 2.05) is 0 Å². The summed E-state index contributed by atoms with van der Waals surface area (Å²) in [5.74, 6) is -0.174. The fourth-order valence-corrected chi connectivity index (χ4v) is 3.60. The molecule has 0 spiro atoms. The van der Waals surface area contributed by atoms with E-state index < -0.39 is 15.5 Å². The van der Waals surface area contributed by atoms with Crippen LogP contribution < -0.4 is 5.43 Å². The summed E-state index contributed by atoms with van der Waals surface area (Å²) < 4.78 is 30.8. The number of nitrogens with one attached hydrogen (secondary N) is 1. The maximum absolute atomic E-state index is 12.4. The normalized spacial score (nSPS) is 16.9. The number of pyridine rings is 1. The van der Waals surface area contributed by atoms with Crippen molar-refractivity contribution >= 4 is 15.9 Å².